The number of hydrazine groups is 1. The fourth-order valence-corrected chi connectivity index (χ4v) is 1.52. The van der Waals surface area contributed by atoms with Crippen LogP contribution in [-0.2, 0) is 4.79 Å². The molecule has 1 aromatic rings. The molecule has 0 unspecified atom stereocenters. The van der Waals surface area contributed by atoms with Gasteiger partial charge in [0.2, 0.25) is 5.91 Å². The van der Waals surface area contributed by atoms with Crippen molar-refractivity contribution in [3.8, 4) is 0 Å². The molecule has 1 aliphatic heterocycles. The maximum absolute atomic E-state index is 11.0. The first-order valence-corrected chi connectivity index (χ1v) is 4.48. The highest BCUT2D eigenvalue weighted by molar-refractivity contribution is 6.34. The summed E-state index contributed by atoms with van der Waals surface area (Å²) in [5.74, 6) is 0.0259. The fourth-order valence-electron chi connectivity index (χ4n) is 1.30. The lowest BCUT2D eigenvalue weighted by Gasteiger charge is -2.17. The Hall–Kier alpha value is -1.55. The van der Waals surface area contributed by atoms with Crippen LogP contribution in [0.2, 0.25) is 5.02 Å². The van der Waals surface area contributed by atoms with E-state index < -0.39 is 0 Å². The van der Waals surface area contributed by atoms with Gasteiger partial charge >= 0.3 is 0 Å². The Bertz CT molecular complexity index is 405. The Morgan fingerprint density at radius 3 is 2.71 bits per heavy atom. The van der Waals surface area contributed by atoms with E-state index in [9.17, 15) is 4.79 Å². The van der Waals surface area contributed by atoms with Crippen molar-refractivity contribution in [3.63, 3.8) is 0 Å². The highest BCUT2D eigenvalue weighted by Gasteiger charge is 2.25. The number of amides is 1. The number of nitrogens with one attached hydrogen (secondary N) is 2. The average molecular weight is 210 g/mol. The van der Waals surface area contributed by atoms with Crippen molar-refractivity contribution < 1.29 is 4.79 Å². The first kappa shape index (κ1) is 9.02. The van der Waals surface area contributed by atoms with Gasteiger partial charge < -0.3 is 0 Å². The zero-order valence-corrected chi connectivity index (χ0v) is 8.01. The maximum Gasteiger partial charge on any atom is 0.246 e. The van der Waals surface area contributed by atoms with Crippen molar-refractivity contribution in [3.05, 3.63) is 29.3 Å². The minimum atomic E-state index is -0.185. The van der Waals surface area contributed by atoms with Gasteiger partial charge in [-0.05, 0) is 12.1 Å². The van der Waals surface area contributed by atoms with Gasteiger partial charge in [0.05, 0.1) is 17.1 Å². The lowest BCUT2D eigenvalue weighted by molar-refractivity contribution is -0.118. The van der Waals surface area contributed by atoms with Crippen LogP contribution >= 0.6 is 11.6 Å². The Morgan fingerprint density at radius 2 is 2.14 bits per heavy atom. The first-order chi connectivity index (χ1) is 6.68. The number of para-hydroxylation sites is 1. The number of hydrogen-bond acceptors (Lipinski definition) is 2. The standard InChI is InChI=1S/C9H8ClN3O/c10-6-3-1-2-4-7(6)13-8(11)5-9(14)12-13/h1-4,11H,5H2,(H,12,14). The zero-order chi connectivity index (χ0) is 10.1. The van der Waals surface area contributed by atoms with E-state index in [0.29, 0.717) is 10.7 Å². The summed E-state index contributed by atoms with van der Waals surface area (Å²) in [6, 6.07) is 7.07. The number of carbonyl (C=O) groups is 1. The van der Waals surface area contributed by atoms with E-state index in [4.69, 9.17) is 17.0 Å². The summed E-state index contributed by atoms with van der Waals surface area (Å²) in [6.07, 6.45) is 0.102. The zero-order valence-electron chi connectivity index (χ0n) is 7.25. The van der Waals surface area contributed by atoms with Crippen molar-refractivity contribution in [1.29, 1.82) is 5.41 Å². The molecule has 1 amide bonds. The third kappa shape index (κ3) is 1.44. The SMILES string of the molecule is N=C1CC(=O)NN1c1ccccc1Cl. The lowest BCUT2D eigenvalue weighted by atomic mass is 10.3. The largest absolute Gasteiger partial charge is 0.286 e. The third-order valence-electron chi connectivity index (χ3n) is 1.93. The van der Waals surface area contributed by atoms with Crippen molar-refractivity contribution in [2.45, 2.75) is 6.42 Å². The summed E-state index contributed by atoms with van der Waals surface area (Å²) >= 11 is 5.93. The van der Waals surface area contributed by atoms with E-state index in [1.807, 2.05) is 0 Å². The Morgan fingerprint density at radius 1 is 1.43 bits per heavy atom. The average Bonchev–Trinajstić information content (AvgIpc) is 2.46. The minimum Gasteiger partial charge on any atom is -0.286 e. The molecule has 0 radical (unpaired) electrons. The Kier molecular flexibility index (Phi) is 2.13. The topological polar surface area (TPSA) is 56.2 Å². The van der Waals surface area contributed by atoms with Gasteiger partial charge in [0.25, 0.3) is 0 Å². The molecule has 0 aliphatic carbocycles. The van der Waals surface area contributed by atoms with E-state index in [2.05, 4.69) is 5.43 Å². The fraction of sp³-hybridized carbons (Fsp3) is 0.111. The molecule has 1 aliphatic rings. The normalized spacial score (nSPS) is 15.9. The molecular weight excluding hydrogens is 202 g/mol. The van der Waals surface area contributed by atoms with Crippen LogP contribution in [0.5, 0.6) is 0 Å². The molecule has 72 valence electrons. The molecule has 14 heavy (non-hydrogen) atoms. The van der Waals surface area contributed by atoms with Gasteiger partial charge in [-0.25, -0.2) is 5.01 Å². The van der Waals surface area contributed by atoms with Crippen molar-refractivity contribution >= 4 is 29.0 Å². The molecule has 1 fully saturated rings. The van der Waals surface area contributed by atoms with Crippen LogP contribution in [-0.4, -0.2) is 11.7 Å². The first-order valence-electron chi connectivity index (χ1n) is 4.10. The summed E-state index contributed by atoms with van der Waals surface area (Å²) < 4.78 is 0. The summed E-state index contributed by atoms with van der Waals surface area (Å²) in [4.78, 5) is 11.0. The molecule has 1 saturated heterocycles. The number of anilines is 1. The smallest absolute Gasteiger partial charge is 0.246 e. The van der Waals surface area contributed by atoms with Crippen LogP contribution in [0.1, 0.15) is 6.42 Å². The number of hydrogen-bond donors (Lipinski definition) is 2. The molecule has 2 N–H and O–H groups in total. The number of rotatable bonds is 1. The van der Waals surface area contributed by atoms with E-state index in [-0.39, 0.29) is 18.2 Å². The molecule has 0 saturated carbocycles. The van der Waals surface area contributed by atoms with Gasteiger partial charge in [-0.3, -0.25) is 15.6 Å². The van der Waals surface area contributed by atoms with Gasteiger partial charge in [-0.1, -0.05) is 23.7 Å². The molecule has 0 bridgehead atoms. The van der Waals surface area contributed by atoms with E-state index >= 15 is 0 Å². The second-order valence-electron chi connectivity index (χ2n) is 2.95. The molecule has 4 nitrogen and oxygen atoms in total. The number of nitrogens with zero attached hydrogens (tertiary/aromatic N) is 1. The summed E-state index contributed by atoms with van der Waals surface area (Å²) in [5, 5.41) is 9.46. The number of halogens is 1. The van der Waals surface area contributed by atoms with Crippen LogP contribution in [0.25, 0.3) is 0 Å². The monoisotopic (exact) mass is 209 g/mol. The number of benzene rings is 1. The molecule has 0 atom stereocenters. The van der Waals surface area contributed by atoms with Gasteiger partial charge in [-0.15, -0.1) is 0 Å². The lowest BCUT2D eigenvalue weighted by Crippen LogP contribution is -2.35. The van der Waals surface area contributed by atoms with Crippen LogP contribution in [0.4, 0.5) is 5.69 Å². The van der Waals surface area contributed by atoms with Gasteiger partial charge in [0, 0.05) is 0 Å². The van der Waals surface area contributed by atoms with E-state index in [1.165, 1.54) is 5.01 Å². The van der Waals surface area contributed by atoms with Gasteiger partial charge in [0.15, 0.2) is 0 Å². The van der Waals surface area contributed by atoms with Crippen LogP contribution in [0.3, 0.4) is 0 Å². The molecule has 2 rings (SSSR count). The van der Waals surface area contributed by atoms with Crippen molar-refractivity contribution in [1.82, 2.24) is 5.43 Å². The van der Waals surface area contributed by atoms with Gasteiger partial charge in [-0.2, -0.15) is 0 Å². The summed E-state index contributed by atoms with van der Waals surface area (Å²) in [6.45, 7) is 0. The minimum absolute atomic E-state index is 0.102. The second kappa shape index (κ2) is 3.31. The third-order valence-corrected chi connectivity index (χ3v) is 2.25. The van der Waals surface area contributed by atoms with Crippen LogP contribution in [0, 0.1) is 5.41 Å². The Labute approximate surface area is 86.0 Å². The van der Waals surface area contributed by atoms with E-state index in [1.54, 1.807) is 24.3 Å². The molecule has 1 heterocycles. The highest BCUT2D eigenvalue weighted by atomic mass is 35.5. The van der Waals surface area contributed by atoms with Crippen molar-refractivity contribution in [2.75, 3.05) is 5.01 Å². The van der Waals surface area contributed by atoms with E-state index in [0.717, 1.165) is 0 Å². The van der Waals surface area contributed by atoms with Crippen LogP contribution in [0.15, 0.2) is 24.3 Å². The molecule has 0 spiro atoms. The summed E-state index contributed by atoms with van der Waals surface area (Å²) in [7, 11) is 0. The maximum atomic E-state index is 11.0. The second-order valence-corrected chi connectivity index (χ2v) is 3.35. The molecule has 1 aromatic carbocycles. The number of carbonyl (C=O) groups excluding carboxylic acids is 1. The quantitative estimate of drug-likeness (QED) is 0.738. The number of amidine groups is 1. The Balaban J connectivity index is 2.36. The summed E-state index contributed by atoms with van der Waals surface area (Å²) in [5.41, 5.74) is 3.18. The predicted octanol–water partition coefficient (Wildman–Crippen LogP) is 1.56. The van der Waals surface area contributed by atoms with Crippen molar-refractivity contribution in [2.24, 2.45) is 0 Å². The highest BCUT2D eigenvalue weighted by Crippen LogP contribution is 2.25. The molecule has 0 aromatic heterocycles. The predicted molar refractivity (Wildman–Crippen MR) is 54.4 cm³/mol. The molecular formula is C9H8ClN3O. The molecule has 5 heteroatoms. The van der Waals surface area contributed by atoms with Gasteiger partial charge in [0.1, 0.15) is 5.84 Å². The van der Waals surface area contributed by atoms with Crippen LogP contribution < -0.4 is 10.4 Å².